The summed E-state index contributed by atoms with van der Waals surface area (Å²) >= 11 is 1.61. The van der Waals surface area contributed by atoms with E-state index in [1.165, 1.54) is 17.2 Å². The molecule has 0 spiro atoms. The van der Waals surface area contributed by atoms with Gasteiger partial charge in [0.15, 0.2) is 5.17 Å². The number of nitrogens with zero attached hydrogens (tertiary/aromatic N) is 1. The molecular weight excluding hydrogens is 343 g/mol. The molecule has 2 atom stereocenters. The van der Waals surface area contributed by atoms with Crippen LogP contribution in [0.5, 0.6) is 0 Å². The molecule has 0 unspecified atom stereocenters. The maximum atomic E-state index is 13.4. The molecule has 1 aliphatic rings. The minimum atomic E-state index is -0.200. The largest absolute Gasteiger partial charge is 0.356 e. The Bertz CT molecular complexity index is 896. The van der Waals surface area contributed by atoms with Gasteiger partial charge in [-0.3, -0.25) is 4.99 Å². The number of hydrogen-bond donors (Lipinski definition) is 1. The highest BCUT2D eigenvalue weighted by Crippen LogP contribution is 2.38. The van der Waals surface area contributed by atoms with Crippen LogP contribution in [0.1, 0.15) is 28.8 Å². The molecule has 0 aromatic heterocycles. The minimum Gasteiger partial charge on any atom is -0.356 e. The predicted octanol–water partition coefficient (Wildman–Crippen LogP) is 5.50. The molecule has 0 bridgehead atoms. The van der Waals surface area contributed by atoms with E-state index in [1.54, 1.807) is 23.9 Å². The fraction of sp³-hybridized carbons (Fsp3) is 0.136. The van der Waals surface area contributed by atoms with E-state index in [-0.39, 0.29) is 17.9 Å². The molecule has 0 amide bonds. The first-order chi connectivity index (χ1) is 12.8. The molecule has 4 rings (SSSR count). The monoisotopic (exact) mass is 362 g/mol. The van der Waals surface area contributed by atoms with Crippen molar-refractivity contribution in [3.63, 3.8) is 0 Å². The lowest BCUT2D eigenvalue weighted by atomic mass is 9.95. The second-order valence-corrected chi connectivity index (χ2v) is 7.21. The van der Waals surface area contributed by atoms with Crippen molar-refractivity contribution in [3.05, 3.63) is 107 Å². The van der Waals surface area contributed by atoms with E-state index in [1.807, 2.05) is 30.3 Å². The van der Waals surface area contributed by atoms with Crippen molar-refractivity contribution < 1.29 is 4.39 Å². The van der Waals surface area contributed by atoms with Crippen LogP contribution in [0, 0.1) is 5.82 Å². The van der Waals surface area contributed by atoms with Crippen LogP contribution in [0.4, 0.5) is 4.39 Å². The maximum Gasteiger partial charge on any atom is 0.158 e. The third kappa shape index (κ3) is 3.81. The molecule has 1 N–H and O–H groups in total. The lowest BCUT2D eigenvalue weighted by molar-refractivity contribution is 0.573. The summed E-state index contributed by atoms with van der Waals surface area (Å²) in [7, 11) is 0. The van der Waals surface area contributed by atoms with Gasteiger partial charge in [0.25, 0.3) is 0 Å². The molecule has 130 valence electrons. The van der Waals surface area contributed by atoms with E-state index in [0.29, 0.717) is 5.75 Å². The average molecular weight is 362 g/mol. The van der Waals surface area contributed by atoms with Crippen LogP contribution < -0.4 is 5.32 Å². The molecule has 0 saturated heterocycles. The Kier molecular flexibility index (Phi) is 5.02. The Hall–Kier alpha value is -2.59. The van der Waals surface area contributed by atoms with Gasteiger partial charge < -0.3 is 5.32 Å². The van der Waals surface area contributed by atoms with Crippen molar-refractivity contribution >= 4 is 16.9 Å². The highest BCUT2D eigenvalue weighted by Gasteiger charge is 2.31. The first-order valence-electron chi connectivity index (χ1n) is 8.61. The first kappa shape index (κ1) is 16.9. The topological polar surface area (TPSA) is 24.4 Å². The zero-order chi connectivity index (χ0) is 17.8. The number of nitrogens with one attached hydrogen (secondary N) is 1. The second-order valence-electron chi connectivity index (χ2n) is 6.24. The summed E-state index contributed by atoms with van der Waals surface area (Å²) in [6.45, 7) is 0. The van der Waals surface area contributed by atoms with Crippen LogP contribution in [0.25, 0.3) is 0 Å². The Morgan fingerprint density at radius 2 is 1.54 bits per heavy atom. The molecule has 1 aliphatic heterocycles. The summed E-state index contributed by atoms with van der Waals surface area (Å²) in [6.07, 6.45) is 0. The lowest BCUT2D eigenvalue weighted by Crippen LogP contribution is -2.22. The number of thioether (sulfide) groups is 1. The van der Waals surface area contributed by atoms with E-state index in [2.05, 4.69) is 41.7 Å². The van der Waals surface area contributed by atoms with Crippen LogP contribution in [0.15, 0.2) is 89.9 Å². The minimum absolute atomic E-state index is 0.0357. The van der Waals surface area contributed by atoms with Gasteiger partial charge in [0.1, 0.15) is 11.9 Å². The summed E-state index contributed by atoms with van der Waals surface area (Å²) in [5, 5.41) is 4.46. The normalized spacial score (nSPS) is 19.0. The van der Waals surface area contributed by atoms with Gasteiger partial charge in [-0.05, 0) is 28.8 Å². The fourth-order valence-corrected chi connectivity index (χ4v) is 4.03. The standard InChI is InChI=1S/C22H19FN2S/c23-19-13-7-8-16(14-19)15-26-22-24-20(17-9-3-1-4-10-17)21(25-22)18-11-5-2-6-12-18/h1-14,20-21H,15H2,(H,24,25)/t20-,21+. The molecular formula is C22H19FN2S. The Morgan fingerprint density at radius 3 is 2.23 bits per heavy atom. The van der Waals surface area contributed by atoms with Gasteiger partial charge in [0.2, 0.25) is 0 Å². The molecule has 4 heteroatoms. The summed E-state index contributed by atoms with van der Waals surface area (Å²) in [5.41, 5.74) is 3.36. The van der Waals surface area contributed by atoms with Gasteiger partial charge >= 0.3 is 0 Å². The van der Waals surface area contributed by atoms with Crippen molar-refractivity contribution in [3.8, 4) is 0 Å². The third-order valence-corrected chi connectivity index (χ3v) is 5.39. The highest BCUT2D eigenvalue weighted by atomic mass is 32.2. The van der Waals surface area contributed by atoms with Crippen molar-refractivity contribution in [2.75, 3.05) is 0 Å². The van der Waals surface area contributed by atoms with Gasteiger partial charge in [-0.15, -0.1) is 0 Å². The van der Waals surface area contributed by atoms with Gasteiger partial charge in [-0.2, -0.15) is 0 Å². The summed E-state index contributed by atoms with van der Waals surface area (Å²) in [4.78, 5) is 4.93. The lowest BCUT2D eigenvalue weighted by Gasteiger charge is -2.19. The predicted molar refractivity (Wildman–Crippen MR) is 107 cm³/mol. The van der Waals surface area contributed by atoms with Crippen LogP contribution in [-0.2, 0) is 5.75 Å². The van der Waals surface area contributed by atoms with Crippen LogP contribution >= 0.6 is 11.8 Å². The Labute approximate surface area is 157 Å². The van der Waals surface area contributed by atoms with Crippen molar-refractivity contribution in [1.82, 2.24) is 5.32 Å². The first-order valence-corrected chi connectivity index (χ1v) is 9.59. The molecule has 26 heavy (non-hydrogen) atoms. The third-order valence-electron chi connectivity index (χ3n) is 4.42. The molecule has 0 aliphatic carbocycles. The van der Waals surface area contributed by atoms with Crippen molar-refractivity contribution in [2.24, 2.45) is 4.99 Å². The number of hydrogen-bond acceptors (Lipinski definition) is 3. The van der Waals surface area contributed by atoms with E-state index in [0.717, 1.165) is 10.7 Å². The van der Waals surface area contributed by atoms with Crippen LogP contribution in [-0.4, -0.2) is 5.17 Å². The molecule has 1 heterocycles. The van der Waals surface area contributed by atoms with Gasteiger partial charge in [-0.25, -0.2) is 4.39 Å². The smallest absolute Gasteiger partial charge is 0.158 e. The summed E-state index contributed by atoms with van der Waals surface area (Å²) in [5.74, 6) is 0.487. The number of rotatable bonds is 4. The molecule has 0 fully saturated rings. The highest BCUT2D eigenvalue weighted by molar-refractivity contribution is 8.13. The SMILES string of the molecule is Fc1cccc(CSC2=N[C@H](c3ccccc3)[C@H](c3ccccc3)N2)c1. The van der Waals surface area contributed by atoms with Crippen molar-refractivity contribution in [1.29, 1.82) is 0 Å². The molecule has 3 aromatic carbocycles. The van der Waals surface area contributed by atoms with Crippen LogP contribution in [0.2, 0.25) is 0 Å². The van der Waals surface area contributed by atoms with E-state index in [9.17, 15) is 4.39 Å². The summed E-state index contributed by atoms with van der Waals surface area (Å²) in [6, 6.07) is 27.6. The number of aliphatic imine (C=N–C) groups is 1. The fourth-order valence-electron chi connectivity index (χ4n) is 3.15. The van der Waals surface area contributed by atoms with E-state index in [4.69, 9.17) is 4.99 Å². The van der Waals surface area contributed by atoms with Crippen LogP contribution in [0.3, 0.4) is 0 Å². The Morgan fingerprint density at radius 1 is 0.846 bits per heavy atom. The molecule has 0 radical (unpaired) electrons. The molecule has 0 saturated carbocycles. The van der Waals surface area contributed by atoms with Gasteiger partial charge in [0, 0.05) is 5.75 Å². The van der Waals surface area contributed by atoms with Gasteiger partial charge in [0.05, 0.1) is 6.04 Å². The van der Waals surface area contributed by atoms with E-state index < -0.39 is 0 Å². The molecule has 2 nitrogen and oxygen atoms in total. The second kappa shape index (κ2) is 7.75. The molecule has 3 aromatic rings. The quantitative estimate of drug-likeness (QED) is 0.663. The number of amidine groups is 1. The zero-order valence-electron chi connectivity index (χ0n) is 14.2. The zero-order valence-corrected chi connectivity index (χ0v) is 15.0. The average Bonchev–Trinajstić information content (AvgIpc) is 3.12. The Balaban J connectivity index is 1.56. The van der Waals surface area contributed by atoms with Gasteiger partial charge in [-0.1, -0.05) is 84.6 Å². The summed E-state index contributed by atoms with van der Waals surface area (Å²) < 4.78 is 13.4. The number of halogens is 1. The van der Waals surface area contributed by atoms with Crippen molar-refractivity contribution in [2.45, 2.75) is 17.8 Å². The van der Waals surface area contributed by atoms with E-state index >= 15 is 0 Å². The number of benzene rings is 3. The maximum absolute atomic E-state index is 13.4.